The molecule has 2 rings (SSSR count). The van der Waals surface area contributed by atoms with Gasteiger partial charge in [-0.2, -0.15) is 0 Å². The van der Waals surface area contributed by atoms with Gasteiger partial charge in [0.15, 0.2) is 0 Å². The van der Waals surface area contributed by atoms with Gasteiger partial charge >= 0.3 is 0 Å². The molecule has 1 fully saturated rings. The van der Waals surface area contributed by atoms with E-state index in [2.05, 4.69) is 5.32 Å². The van der Waals surface area contributed by atoms with Crippen LogP contribution in [-0.4, -0.2) is 18.4 Å². The molecule has 0 aromatic heterocycles. The molecule has 3 N–H and O–H groups in total. The van der Waals surface area contributed by atoms with Crippen LogP contribution in [0.2, 0.25) is 0 Å². The van der Waals surface area contributed by atoms with Crippen LogP contribution in [0.4, 0.5) is 0 Å². The summed E-state index contributed by atoms with van der Waals surface area (Å²) in [6.07, 6.45) is 2.78. The first-order chi connectivity index (χ1) is 9.38. The van der Waals surface area contributed by atoms with Crippen LogP contribution in [0.3, 0.4) is 0 Å². The third-order valence-corrected chi connectivity index (χ3v) is 4.33. The van der Waals surface area contributed by atoms with Gasteiger partial charge in [-0.15, -0.1) is 0 Å². The lowest BCUT2D eigenvalue weighted by Crippen LogP contribution is -2.52. The first kappa shape index (κ1) is 14.6. The molecule has 0 bridgehead atoms. The Balaban J connectivity index is 2.10. The van der Waals surface area contributed by atoms with Crippen molar-refractivity contribution in [2.45, 2.75) is 38.5 Å². The fraction of sp³-hybridized carbons (Fsp3) is 0.500. The van der Waals surface area contributed by atoms with Gasteiger partial charge in [-0.1, -0.05) is 36.8 Å². The maximum absolute atomic E-state index is 12.6. The van der Waals surface area contributed by atoms with E-state index < -0.39 is 16.7 Å². The van der Waals surface area contributed by atoms with Crippen LogP contribution in [-0.2, 0) is 15.0 Å². The predicted octanol–water partition coefficient (Wildman–Crippen LogP) is 1.74. The third-order valence-electron chi connectivity index (χ3n) is 4.33. The second kappa shape index (κ2) is 5.27. The summed E-state index contributed by atoms with van der Waals surface area (Å²) in [6, 6.07) is 9.85. The fourth-order valence-electron chi connectivity index (χ4n) is 2.49. The Morgan fingerprint density at radius 2 is 1.85 bits per heavy atom. The Kier molecular flexibility index (Phi) is 3.84. The number of hydrogen-bond donors (Lipinski definition) is 2. The van der Waals surface area contributed by atoms with E-state index in [1.807, 2.05) is 30.3 Å². The maximum Gasteiger partial charge on any atom is 0.230 e. The van der Waals surface area contributed by atoms with Crippen LogP contribution < -0.4 is 11.1 Å². The molecule has 4 nitrogen and oxygen atoms in total. The van der Waals surface area contributed by atoms with Crippen LogP contribution in [0.15, 0.2) is 30.3 Å². The molecule has 0 unspecified atom stereocenters. The largest absolute Gasteiger partial charge is 0.369 e. The van der Waals surface area contributed by atoms with E-state index in [-0.39, 0.29) is 12.5 Å². The number of nitrogens with one attached hydrogen (secondary N) is 1. The topological polar surface area (TPSA) is 72.2 Å². The molecule has 1 aliphatic rings. The molecule has 0 atom stereocenters. The lowest BCUT2D eigenvalue weighted by molar-refractivity contribution is -0.131. The van der Waals surface area contributed by atoms with E-state index in [0.717, 1.165) is 24.8 Å². The van der Waals surface area contributed by atoms with Crippen molar-refractivity contribution in [3.05, 3.63) is 35.9 Å². The molecule has 4 heteroatoms. The number of carbonyl (C=O) groups is 2. The zero-order chi connectivity index (χ0) is 14.8. The summed E-state index contributed by atoms with van der Waals surface area (Å²) in [5, 5.41) is 2.91. The quantitative estimate of drug-likeness (QED) is 0.858. The number of rotatable bonds is 5. The zero-order valence-electron chi connectivity index (χ0n) is 12.1. The van der Waals surface area contributed by atoms with Gasteiger partial charge in [-0.3, -0.25) is 9.59 Å². The van der Waals surface area contributed by atoms with Gasteiger partial charge < -0.3 is 11.1 Å². The highest BCUT2D eigenvalue weighted by Crippen LogP contribution is 2.43. The molecule has 1 aromatic carbocycles. The standard InChI is InChI=1S/C16H22N2O2/c1-15(2,13(17)19)11-18-14(20)16(9-6-10-16)12-7-4-3-5-8-12/h3-5,7-8H,6,9-11H2,1-2H3,(H2,17,19)(H,18,20). The first-order valence-electron chi connectivity index (χ1n) is 7.02. The van der Waals surface area contributed by atoms with Gasteiger partial charge in [0.05, 0.1) is 10.8 Å². The van der Waals surface area contributed by atoms with E-state index in [1.54, 1.807) is 13.8 Å². The van der Waals surface area contributed by atoms with Crippen LogP contribution in [0.5, 0.6) is 0 Å². The van der Waals surface area contributed by atoms with Crippen molar-refractivity contribution in [2.75, 3.05) is 6.54 Å². The molecular formula is C16H22N2O2. The van der Waals surface area contributed by atoms with Crippen molar-refractivity contribution < 1.29 is 9.59 Å². The van der Waals surface area contributed by atoms with Gasteiger partial charge in [-0.25, -0.2) is 0 Å². The summed E-state index contributed by atoms with van der Waals surface area (Å²) in [7, 11) is 0. The molecule has 1 aliphatic carbocycles. The van der Waals surface area contributed by atoms with E-state index in [4.69, 9.17) is 5.73 Å². The number of primary amides is 1. The Hall–Kier alpha value is -1.84. The average Bonchev–Trinajstić information content (AvgIpc) is 2.36. The predicted molar refractivity (Wildman–Crippen MR) is 78.0 cm³/mol. The van der Waals surface area contributed by atoms with Crippen LogP contribution in [0, 0.1) is 5.41 Å². The van der Waals surface area contributed by atoms with E-state index in [1.165, 1.54) is 0 Å². The summed E-state index contributed by atoms with van der Waals surface area (Å²) in [5.41, 5.74) is 5.24. The molecule has 1 aromatic rings. The van der Waals surface area contributed by atoms with Crippen molar-refractivity contribution in [3.8, 4) is 0 Å². The van der Waals surface area contributed by atoms with Crippen molar-refractivity contribution in [1.29, 1.82) is 0 Å². The molecule has 2 amide bonds. The summed E-state index contributed by atoms with van der Waals surface area (Å²) in [4.78, 5) is 23.9. The van der Waals surface area contributed by atoms with E-state index in [0.29, 0.717) is 0 Å². The van der Waals surface area contributed by atoms with Crippen LogP contribution >= 0.6 is 0 Å². The molecular weight excluding hydrogens is 252 g/mol. The number of amides is 2. The van der Waals surface area contributed by atoms with E-state index in [9.17, 15) is 9.59 Å². The van der Waals surface area contributed by atoms with Crippen molar-refractivity contribution >= 4 is 11.8 Å². The Labute approximate surface area is 119 Å². The summed E-state index contributed by atoms with van der Waals surface area (Å²) >= 11 is 0. The normalized spacial score (nSPS) is 17.1. The number of benzene rings is 1. The second-order valence-corrected chi connectivity index (χ2v) is 6.23. The molecule has 0 radical (unpaired) electrons. The van der Waals surface area contributed by atoms with Gasteiger partial charge in [0, 0.05) is 6.54 Å². The highest BCUT2D eigenvalue weighted by Gasteiger charge is 2.45. The Bertz CT molecular complexity index is 504. The van der Waals surface area contributed by atoms with Gasteiger partial charge in [-0.05, 0) is 32.3 Å². The van der Waals surface area contributed by atoms with E-state index >= 15 is 0 Å². The lowest BCUT2D eigenvalue weighted by atomic mass is 9.63. The van der Waals surface area contributed by atoms with Crippen LogP contribution in [0.1, 0.15) is 38.7 Å². The molecule has 1 saturated carbocycles. The number of carbonyl (C=O) groups excluding carboxylic acids is 2. The lowest BCUT2D eigenvalue weighted by Gasteiger charge is -2.41. The van der Waals surface area contributed by atoms with Crippen molar-refractivity contribution in [2.24, 2.45) is 11.1 Å². The molecule has 0 saturated heterocycles. The zero-order valence-corrected chi connectivity index (χ0v) is 12.1. The summed E-state index contributed by atoms with van der Waals surface area (Å²) < 4.78 is 0. The summed E-state index contributed by atoms with van der Waals surface area (Å²) in [6.45, 7) is 3.76. The minimum atomic E-state index is -0.725. The molecule has 0 aliphatic heterocycles. The van der Waals surface area contributed by atoms with Crippen molar-refractivity contribution in [1.82, 2.24) is 5.32 Å². The monoisotopic (exact) mass is 274 g/mol. The Morgan fingerprint density at radius 3 is 2.30 bits per heavy atom. The second-order valence-electron chi connectivity index (χ2n) is 6.23. The van der Waals surface area contributed by atoms with Gasteiger partial charge in [0.1, 0.15) is 0 Å². The molecule has 0 spiro atoms. The fourth-order valence-corrected chi connectivity index (χ4v) is 2.49. The van der Waals surface area contributed by atoms with Gasteiger partial charge in [0.25, 0.3) is 0 Å². The van der Waals surface area contributed by atoms with Crippen molar-refractivity contribution in [3.63, 3.8) is 0 Å². The Morgan fingerprint density at radius 1 is 1.25 bits per heavy atom. The summed E-state index contributed by atoms with van der Waals surface area (Å²) in [5.74, 6) is -0.399. The number of hydrogen-bond acceptors (Lipinski definition) is 2. The van der Waals surface area contributed by atoms with Crippen LogP contribution in [0.25, 0.3) is 0 Å². The molecule has 108 valence electrons. The average molecular weight is 274 g/mol. The minimum Gasteiger partial charge on any atom is -0.369 e. The highest BCUT2D eigenvalue weighted by atomic mass is 16.2. The molecule has 0 heterocycles. The smallest absolute Gasteiger partial charge is 0.230 e. The van der Waals surface area contributed by atoms with Gasteiger partial charge in [0.2, 0.25) is 11.8 Å². The third kappa shape index (κ3) is 2.55. The SMILES string of the molecule is CC(C)(CNC(=O)C1(c2ccccc2)CCC1)C(N)=O. The molecule has 20 heavy (non-hydrogen) atoms. The maximum atomic E-state index is 12.6. The highest BCUT2D eigenvalue weighted by molar-refractivity contribution is 5.90. The first-order valence-corrected chi connectivity index (χ1v) is 7.02. The minimum absolute atomic E-state index is 0.00396. The number of nitrogens with two attached hydrogens (primary N) is 1.